The fourth-order valence-electron chi connectivity index (χ4n) is 3.76. The quantitative estimate of drug-likeness (QED) is 0.738. The van der Waals surface area contributed by atoms with Crippen molar-refractivity contribution >= 4 is 0 Å². The first-order valence-electron chi connectivity index (χ1n) is 9.49. The number of piperidine rings is 1. The summed E-state index contributed by atoms with van der Waals surface area (Å²) < 4.78 is 28.8. The van der Waals surface area contributed by atoms with Crippen molar-refractivity contribution in [2.45, 2.75) is 38.8 Å². The van der Waals surface area contributed by atoms with Crippen molar-refractivity contribution in [1.29, 1.82) is 0 Å². The zero-order chi connectivity index (χ0) is 19.1. The lowest BCUT2D eigenvalue weighted by molar-refractivity contribution is -0.0498. The maximum atomic E-state index is 12.2. The summed E-state index contributed by atoms with van der Waals surface area (Å²) in [7, 11) is 0. The van der Waals surface area contributed by atoms with Crippen LogP contribution in [0.4, 0.5) is 8.78 Å². The van der Waals surface area contributed by atoms with Crippen molar-refractivity contribution in [1.82, 2.24) is 4.90 Å². The van der Waals surface area contributed by atoms with Crippen molar-refractivity contribution < 1.29 is 18.6 Å². The molecule has 0 spiro atoms. The molecule has 146 valence electrons. The number of aliphatic hydroxyl groups is 1. The van der Waals surface area contributed by atoms with E-state index in [4.69, 9.17) is 0 Å². The lowest BCUT2D eigenvalue weighted by Gasteiger charge is -2.41. The van der Waals surface area contributed by atoms with Gasteiger partial charge in [0.05, 0.1) is 0 Å². The number of aliphatic hydroxyl groups excluding tert-OH is 1. The second-order valence-corrected chi connectivity index (χ2v) is 7.44. The Balaban J connectivity index is 1.49. The molecule has 3 rings (SSSR count). The summed E-state index contributed by atoms with van der Waals surface area (Å²) in [5, 5.41) is 10.0. The molecule has 0 aromatic heterocycles. The zero-order valence-electron chi connectivity index (χ0n) is 15.5. The number of hydrogen-bond acceptors (Lipinski definition) is 3. The third kappa shape index (κ3) is 5.75. The van der Waals surface area contributed by atoms with Crippen LogP contribution in [-0.2, 0) is 13.0 Å². The topological polar surface area (TPSA) is 32.7 Å². The van der Waals surface area contributed by atoms with Gasteiger partial charge in [0, 0.05) is 13.2 Å². The Kier molecular flexibility index (Phi) is 6.80. The van der Waals surface area contributed by atoms with Gasteiger partial charge in [0.25, 0.3) is 0 Å². The second-order valence-electron chi connectivity index (χ2n) is 7.44. The summed E-state index contributed by atoms with van der Waals surface area (Å²) in [6.45, 7) is 0.0954. The van der Waals surface area contributed by atoms with Gasteiger partial charge in [-0.2, -0.15) is 8.78 Å². The molecule has 0 atom stereocenters. The highest BCUT2D eigenvalue weighted by Gasteiger charge is 2.33. The first kappa shape index (κ1) is 19.8. The van der Waals surface area contributed by atoms with E-state index >= 15 is 0 Å². The smallest absolute Gasteiger partial charge is 0.387 e. The molecule has 1 aliphatic rings. The van der Waals surface area contributed by atoms with Gasteiger partial charge in [-0.25, -0.2) is 0 Å². The van der Waals surface area contributed by atoms with Gasteiger partial charge in [0.1, 0.15) is 5.75 Å². The Bertz CT molecular complexity index is 683. The molecule has 0 bridgehead atoms. The lowest BCUT2D eigenvalue weighted by Crippen LogP contribution is -2.41. The molecule has 1 saturated heterocycles. The fraction of sp³-hybridized carbons (Fsp3) is 0.455. The van der Waals surface area contributed by atoms with Crippen LogP contribution in [0.1, 0.15) is 30.4 Å². The minimum Gasteiger partial charge on any atom is -0.435 e. The molecule has 1 N–H and O–H groups in total. The number of ether oxygens (including phenoxy) is 1. The number of hydrogen-bond donors (Lipinski definition) is 1. The Morgan fingerprint density at radius 3 is 2.22 bits per heavy atom. The van der Waals surface area contributed by atoms with Crippen LogP contribution in [0.5, 0.6) is 5.75 Å². The molecule has 0 aliphatic carbocycles. The average Bonchev–Trinajstić information content (AvgIpc) is 2.70. The molecular weight excluding hydrogens is 348 g/mol. The monoisotopic (exact) mass is 375 g/mol. The predicted octanol–water partition coefficient (Wildman–Crippen LogP) is 4.50. The van der Waals surface area contributed by atoms with Crippen molar-refractivity contribution in [2.24, 2.45) is 5.41 Å². The van der Waals surface area contributed by atoms with Crippen LogP contribution in [-0.4, -0.2) is 36.3 Å². The number of halogens is 2. The molecule has 2 aromatic carbocycles. The minimum atomic E-state index is -2.79. The largest absolute Gasteiger partial charge is 0.435 e. The number of aryl methyl sites for hydroxylation is 1. The van der Waals surface area contributed by atoms with Gasteiger partial charge >= 0.3 is 6.61 Å². The molecule has 0 unspecified atom stereocenters. The predicted molar refractivity (Wildman–Crippen MR) is 102 cm³/mol. The zero-order valence-corrected chi connectivity index (χ0v) is 15.5. The highest BCUT2D eigenvalue weighted by atomic mass is 19.3. The van der Waals surface area contributed by atoms with E-state index in [1.807, 2.05) is 18.2 Å². The van der Waals surface area contributed by atoms with Gasteiger partial charge in [0.2, 0.25) is 0 Å². The van der Waals surface area contributed by atoms with E-state index in [2.05, 4.69) is 33.9 Å². The first-order valence-corrected chi connectivity index (χ1v) is 9.49. The Morgan fingerprint density at radius 2 is 1.63 bits per heavy atom. The van der Waals surface area contributed by atoms with E-state index in [1.165, 1.54) is 5.56 Å². The molecule has 0 radical (unpaired) electrons. The van der Waals surface area contributed by atoms with Crippen molar-refractivity contribution in [3.63, 3.8) is 0 Å². The summed E-state index contributed by atoms with van der Waals surface area (Å²) in [6.07, 6.45) is 3.94. The average molecular weight is 375 g/mol. The van der Waals surface area contributed by atoms with Crippen molar-refractivity contribution in [2.75, 3.05) is 19.7 Å². The summed E-state index contributed by atoms with van der Waals surface area (Å²) in [5.74, 6) is 0.188. The second kappa shape index (κ2) is 9.29. The molecule has 0 saturated carbocycles. The van der Waals surface area contributed by atoms with Crippen LogP contribution in [0, 0.1) is 5.41 Å². The third-order valence-corrected chi connectivity index (χ3v) is 5.59. The number of benzene rings is 2. The van der Waals surface area contributed by atoms with Gasteiger partial charge in [0.15, 0.2) is 0 Å². The van der Waals surface area contributed by atoms with Gasteiger partial charge in [-0.05, 0) is 67.4 Å². The molecule has 2 aromatic rings. The number of rotatable bonds is 8. The number of likely N-dealkylation sites (tertiary alicyclic amines) is 1. The first-order chi connectivity index (χ1) is 13.1. The Morgan fingerprint density at radius 1 is 0.963 bits per heavy atom. The number of nitrogens with zero attached hydrogens (tertiary/aromatic N) is 1. The lowest BCUT2D eigenvalue weighted by atomic mass is 9.75. The molecule has 5 heteroatoms. The van der Waals surface area contributed by atoms with E-state index in [0.29, 0.717) is 0 Å². The third-order valence-electron chi connectivity index (χ3n) is 5.59. The van der Waals surface area contributed by atoms with E-state index in [9.17, 15) is 13.9 Å². The highest BCUT2D eigenvalue weighted by Crippen LogP contribution is 2.36. The molecule has 3 nitrogen and oxygen atoms in total. The minimum absolute atomic E-state index is 0.00129. The standard InChI is InChI=1S/C22H27F2NO2/c23-21(24)27-20-8-6-19(7-9-20)16-25-14-12-22(17-26,13-15-25)11-10-18-4-2-1-3-5-18/h1-9,21,26H,10-17H2. The molecule has 1 heterocycles. The van der Waals surface area contributed by atoms with Crippen LogP contribution in [0.3, 0.4) is 0 Å². The van der Waals surface area contributed by atoms with E-state index in [-0.39, 0.29) is 17.8 Å². The summed E-state index contributed by atoms with van der Waals surface area (Å²) >= 11 is 0. The summed E-state index contributed by atoms with van der Waals surface area (Å²) in [5.41, 5.74) is 2.40. The van der Waals surface area contributed by atoms with Crippen LogP contribution in [0.15, 0.2) is 54.6 Å². The van der Waals surface area contributed by atoms with Crippen LogP contribution < -0.4 is 4.74 Å². The molecule has 1 fully saturated rings. The van der Waals surface area contributed by atoms with Gasteiger partial charge < -0.3 is 9.84 Å². The number of alkyl halides is 2. The SMILES string of the molecule is OCC1(CCc2ccccc2)CCN(Cc2ccc(OC(F)F)cc2)CC1. The fourth-order valence-corrected chi connectivity index (χ4v) is 3.76. The van der Waals surface area contributed by atoms with E-state index < -0.39 is 6.61 Å². The van der Waals surface area contributed by atoms with Crippen molar-refractivity contribution in [3.8, 4) is 5.75 Å². The molecular formula is C22H27F2NO2. The van der Waals surface area contributed by atoms with E-state index in [0.717, 1.165) is 50.9 Å². The molecule has 27 heavy (non-hydrogen) atoms. The maximum absolute atomic E-state index is 12.2. The Labute approximate surface area is 159 Å². The molecule has 0 amide bonds. The van der Waals surface area contributed by atoms with Gasteiger partial charge in [-0.1, -0.05) is 42.5 Å². The van der Waals surface area contributed by atoms with Gasteiger partial charge in [-0.3, -0.25) is 4.90 Å². The summed E-state index contributed by atoms with van der Waals surface area (Å²) in [6, 6.07) is 17.3. The van der Waals surface area contributed by atoms with E-state index in [1.54, 1.807) is 12.1 Å². The summed E-state index contributed by atoms with van der Waals surface area (Å²) in [4.78, 5) is 2.36. The van der Waals surface area contributed by atoms with Crippen LogP contribution in [0.25, 0.3) is 0 Å². The van der Waals surface area contributed by atoms with Crippen molar-refractivity contribution in [3.05, 3.63) is 65.7 Å². The normalized spacial score (nSPS) is 17.2. The van der Waals surface area contributed by atoms with Crippen LogP contribution in [0.2, 0.25) is 0 Å². The van der Waals surface area contributed by atoms with Gasteiger partial charge in [-0.15, -0.1) is 0 Å². The highest BCUT2D eigenvalue weighted by molar-refractivity contribution is 5.27. The van der Waals surface area contributed by atoms with Crippen LogP contribution >= 0.6 is 0 Å². The molecule has 1 aliphatic heterocycles. The maximum Gasteiger partial charge on any atom is 0.387 e. The Hall–Kier alpha value is -1.98.